The number of halogens is 1. The molecule has 0 saturated carbocycles. The maximum Gasteiger partial charge on any atom is 0.477 e. The van der Waals surface area contributed by atoms with Gasteiger partial charge in [-0.25, -0.2) is 19.5 Å². The molecular formula is C18H19ClN5O7P. The van der Waals surface area contributed by atoms with E-state index in [9.17, 15) is 14.8 Å². The molecule has 12 nitrogen and oxygen atoms in total. The number of phosphoric ester groups is 1. The molecule has 2 unspecified atom stereocenters. The first kappa shape index (κ1) is 21.7. The average Bonchev–Trinajstić information content (AvgIpc) is 3.31. The monoisotopic (exact) mass is 483 g/mol. The number of phosphoric acid groups is 1. The number of imidazole rings is 1. The van der Waals surface area contributed by atoms with E-state index < -0.39 is 38.7 Å². The molecule has 1 aromatic carbocycles. The minimum absolute atomic E-state index is 0.0889. The van der Waals surface area contributed by atoms with Gasteiger partial charge >= 0.3 is 7.82 Å². The van der Waals surface area contributed by atoms with Crippen LogP contribution in [0.5, 0.6) is 0 Å². The van der Waals surface area contributed by atoms with Crippen molar-refractivity contribution >= 4 is 36.4 Å². The quantitative estimate of drug-likeness (QED) is 0.464. The predicted molar refractivity (Wildman–Crippen MR) is 110 cm³/mol. The third-order valence-electron chi connectivity index (χ3n) is 5.19. The van der Waals surface area contributed by atoms with E-state index in [1.807, 2.05) is 0 Å². The van der Waals surface area contributed by atoms with Gasteiger partial charge in [0.1, 0.15) is 24.1 Å². The standard InChI is InChI=1S/C18H19ClN5O7P/c19-10-3-1-2-9(6-10)11-4-5-28-32(27,30-11)31-18-14(26)13(25)17(29-18)24-8-23-12-15(20)21-7-22-16(12)24/h1-3,6-8,11,13-14,17-18,25-26H,4-5H2,(H2,20,21,22)/t11-,13+,14-,17+,18?,32?/m0/s1. The molecule has 0 amide bonds. The molecule has 2 aromatic heterocycles. The normalized spacial score (nSPS) is 33.0. The van der Waals surface area contributed by atoms with E-state index in [2.05, 4.69) is 15.0 Å². The van der Waals surface area contributed by atoms with E-state index in [1.54, 1.807) is 24.3 Å². The molecule has 5 rings (SSSR count). The Labute approximate surface area is 186 Å². The van der Waals surface area contributed by atoms with Gasteiger partial charge in [0.15, 0.2) is 24.0 Å². The zero-order valence-corrected chi connectivity index (χ0v) is 18.0. The van der Waals surface area contributed by atoms with Crippen molar-refractivity contribution < 1.29 is 33.1 Å². The van der Waals surface area contributed by atoms with Crippen molar-refractivity contribution in [3.63, 3.8) is 0 Å². The molecule has 0 radical (unpaired) electrons. The zero-order valence-electron chi connectivity index (χ0n) is 16.4. The minimum Gasteiger partial charge on any atom is -0.385 e. The molecule has 32 heavy (non-hydrogen) atoms. The SMILES string of the molecule is Nc1ncnc2c1ncn2[C@@H]1OC(OP2(=O)OCC[C@@H](c3cccc(Cl)c3)O2)[C@@H](O)[C@H]1O. The fourth-order valence-corrected chi connectivity index (χ4v) is 5.30. The number of aromatic nitrogens is 4. The van der Waals surface area contributed by atoms with Crippen molar-refractivity contribution in [2.75, 3.05) is 12.3 Å². The zero-order chi connectivity index (χ0) is 22.5. The number of hydrogen-bond acceptors (Lipinski definition) is 11. The van der Waals surface area contributed by atoms with Crippen LogP contribution < -0.4 is 5.73 Å². The molecule has 2 aliphatic rings. The number of fused-ring (bicyclic) bond motifs is 1. The molecule has 3 aromatic rings. The lowest BCUT2D eigenvalue weighted by atomic mass is 10.1. The van der Waals surface area contributed by atoms with Gasteiger partial charge < -0.3 is 20.7 Å². The van der Waals surface area contributed by atoms with Gasteiger partial charge in [-0.1, -0.05) is 23.7 Å². The van der Waals surface area contributed by atoms with E-state index in [0.29, 0.717) is 22.5 Å². The highest BCUT2D eigenvalue weighted by atomic mass is 35.5. The van der Waals surface area contributed by atoms with Gasteiger partial charge in [0, 0.05) is 11.4 Å². The Bertz CT molecular complexity index is 1200. The topological polar surface area (TPSA) is 164 Å². The van der Waals surface area contributed by atoms with Gasteiger partial charge in [-0.2, -0.15) is 0 Å². The molecule has 2 fully saturated rings. The first-order valence-corrected chi connectivity index (χ1v) is 11.5. The fraction of sp³-hybridized carbons (Fsp3) is 0.389. The summed E-state index contributed by atoms with van der Waals surface area (Å²) >= 11 is 6.03. The molecule has 0 bridgehead atoms. The van der Waals surface area contributed by atoms with Crippen LogP contribution in [0.15, 0.2) is 36.9 Å². The molecule has 170 valence electrons. The highest BCUT2D eigenvalue weighted by molar-refractivity contribution is 7.48. The Balaban J connectivity index is 1.35. The van der Waals surface area contributed by atoms with Gasteiger partial charge in [0.25, 0.3) is 0 Å². The smallest absolute Gasteiger partial charge is 0.385 e. The highest BCUT2D eigenvalue weighted by Gasteiger charge is 2.50. The highest BCUT2D eigenvalue weighted by Crippen LogP contribution is 2.59. The number of benzene rings is 1. The Morgan fingerprint density at radius 1 is 1.25 bits per heavy atom. The van der Waals surface area contributed by atoms with Crippen LogP contribution in [0.2, 0.25) is 5.02 Å². The number of hydrogen-bond donors (Lipinski definition) is 3. The lowest BCUT2D eigenvalue weighted by molar-refractivity contribution is -0.144. The van der Waals surface area contributed by atoms with Gasteiger partial charge in [0.2, 0.25) is 0 Å². The van der Waals surface area contributed by atoms with Crippen molar-refractivity contribution in [1.29, 1.82) is 0 Å². The summed E-state index contributed by atoms with van der Waals surface area (Å²) in [4.78, 5) is 12.1. The van der Waals surface area contributed by atoms with Crippen molar-refractivity contribution in [2.45, 2.75) is 37.3 Å². The number of anilines is 1. The van der Waals surface area contributed by atoms with E-state index in [4.69, 9.17) is 35.6 Å². The summed E-state index contributed by atoms with van der Waals surface area (Å²) in [6.07, 6.45) is -3.25. The van der Waals surface area contributed by atoms with Gasteiger partial charge in [-0.05, 0) is 17.7 Å². The number of rotatable bonds is 4. The van der Waals surface area contributed by atoms with Crippen LogP contribution >= 0.6 is 19.4 Å². The average molecular weight is 484 g/mol. The maximum absolute atomic E-state index is 13.1. The van der Waals surface area contributed by atoms with Crippen LogP contribution in [0.4, 0.5) is 5.82 Å². The van der Waals surface area contributed by atoms with Crippen LogP contribution in [-0.2, 0) is 22.9 Å². The Hall–Kier alpha value is -2.15. The fourth-order valence-electron chi connectivity index (χ4n) is 3.63. The maximum atomic E-state index is 13.1. The summed E-state index contributed by atoms with van der Waals surface area (Å²) < 4.78 is 36.4. The van der Waals surface area contributed by atoms with Crippen molar-refractivity contribution in [3.8, 4) is 0 Å². The Morgan fingerprint density at radius 3 is 2.91 bits per heavy atom. The number of nitrogen functional groups attached to an aromatic ring is 1. The van der Waals surface area contributed by atoms with Gasteiger partial charge in [-0.3, -0.25) is 18.1 Å². The van der Waals surface area contributed by atoms with Gasteiger partial charge in [0.05, 0.1) is 19.0 Å². The van der Waals surface area contributed by atoms with E-state index in [1.165, 1.54) is 17.2 Å². The summed E-state index contributed by atoms with van der Waals surface area (Å²) in [6.45, 7) is 0.0889. The van der Waals surface area contributed by atoms with Crippen LogP contribution in [0, 0.1) is 0 Å². The van der Waals surface area contributed by atoms with Gasteiger partial charge in [-0.15, -0.1) is 0 Å². The first-order chi connectivity index (χ1) is 15.3. The minimum atomic E-state index is -4.13. The number of aliphatic hydroxyl groups excluding tert-OH is 2. The molecule has 4 N–H and O–H groups in total. The van der Waals surface area contributed by atoms with Crippen LogP contribution in [-0.4, -0.2) is 54.8 Å². The summed E-state index contributed by atoms with van der Waals surface area (Å²) in [5.74, 6) is 0.148. The predicted octanol–water partition coefficient (Wildman–Crippen LogP) is 1.94. The second-order valence-electron chi connectivity index (χ2n) is 7.28. The Morgan fingerprint density at radius 2 is 2.09 bits per heavy atom. The van der Waals surface area contributed by atoms with E-state index in [-0.39, 0.29) is 18.1 Å². The summed E-state index contributed by atoms with van der Waals surface area (Å²) in [7, 11) is -4.13. The molecular weight excluding hydrogens is 465 g/mol. The summed E-state index contributed by atoms with van der Waals surface area (Å²) in [5.41, 5.74) is 7.08. The largest absolute Gasteiger partial charge is 0.477 e. The number of aliphatic hydroxyl groups is 2. The second kappa shape index (κ2) is 8.32. The second-order valence-corrected chi connectivity index (χ2v) is 9.29. The number of nitrogens with zero attached hydrogens (tertiary/aromatic N) is 4. The van der Waals surface area contributed by atoms with Crippen molar-refractivity contribution in [2.24, 2.45) is 0 Å². The molecule has 2 aliphatic heterocycles. The van der Waals surface area contributed by atoms with Crippen LogP contribution in [0.25, 0.3) is 11.2 Å². The summed E-state index contributed by atoms with van der Waals surface area (Å²) in [5, 5.41) is 21.5. The van der Waals surface area contributed by atoms with Crippen LogP contribution in [0.1, 0.15) is 24.3 Å². The first-order valence-electron chi connectivity index (χ1n) is 9.66. The molecule has 4 heterocycles. The Kier molecular flexibility index (Phi) is 5.64. The van der Waals surface area contributed by atoms with Crippen molar-refractivity contribution in [1.82, 2.24) is 19.5 Å². The number of ether oxygens (including phenoxy) is 1. The lowest BCUT2D eigenvalue weighted by Gasteiger charge is -2.30. The van der Waals surface area contributed by atoms with E-state index in [0.717, 1.165) is 0 Å². The summed E-state index contributed by atoms with van der Waals surface area (Å²) in [6, 6.07) is 6.94. The molecule has 6 atom stereocenters. The molecule has 2 saturated heterocycles. The van der Waals surface area contributed by atoms with Crippen molar-refractivity contribution in [3.05, 3.63) is 47.5 Å². The molecule has 14 heteroatoms. The van der Waals surface area contributed by atoms with Crippen LogP contribution in [0.3, 0.4) is 0 Å². The molecule has 0 aliphatic carbocycles. The lowest BCUT2D eigenvalue weighted by Crippen LogP contribution is -2.33. The third-order valence-corrected chi connectivity index (χ3v) is 6.91. The van der Waals surface area contributed by atoms with E-state index >= 15 is 0 Å². The third kappa shape index (κ3) is 3.89. The molecule has 0 spiro atoms. The number of nitrogens with two attached hydrogens (primary N) is 1.